The molecule has 0 aliphatic heterocycles. The van der Waals surface area contributed by atoms with Crippen LogP contribution in [-0.4, -0.2) is 16.7 Å². The van der Waals surface area contributed by atoms with E-state index in [2.05, 4.69) is 36.3 Å². The second-order valence-electron chi connectivity index (χ2n) is 3.83. The molecule has 1 aromatic heterocycles. The van der Waals surface area contributed by atoms with Crippen molar-refractivity contribution in [3.8, 4) is 0 Å². The van der Waals surface area contributed by atoms with Gasteiger partial charge < -0.3 is 5.32 Å². The highest BCUT2D eigenvalue weighted by molar-refractivity contribution is 7.73. The molecule has 5 heteroatoms. The van der Waals surface area contributed by atoms with Crippen LogP contribution < -0.4 is 5.32 Å². The van der Waals surface area contributed by atoms with Gasteiger partial charge in [0.05, 0.1) is 0 Å². The third-order valence-corrected chi connectivity index (χ3v) is 2.25. The molecule has 0 bridgehead atoms. The number of H-pyrrole nitrogens is 1. The van der Waals surface area contributed by atoms with E-state index >= 15 is 0 Å². The molecule has 0 amide bonds. The maximum Gasteiger partial charge on any atom is 0.204 e. The van der Waals surface area contributed by atoms with Gasteiger partial charge in [-0.2, -0.15) is 0 Å². The van der Waals surface area contributed by atoms with Crippen molar-refractivity contribution in [3.05, 3.63) is 3.95 Å². The molecular weight excluding hydrogens is 190 g/mol. The number of aromatic nitrogens is 2. The molecule has 1 aromatic rings. The van der Waals surface area contributed by atoms with E-state index in [0.717, 1.165) is 11.7 Å². The lowest BCUT2D eigenvalue weighted by molar-refractivity contribution is 0.443. The summed E-state index contributed by atoms with van der Waals surface area (Å²) < 4.78 is 0.714. The van der Waals surface area contributed by atoms with Crippen LogP contribution in [0.4, 0.5) is 5.13 Å². The van der Waals surface area contributed by atoms with Crippen LogP contribution in [0, 0.1) is 9.37 Å². The lowest BCUT2D eigenvalue weighted by Gasteiger charge is -2.17. The molecule has 12 heavy (non-hydrogen) atoms. The number of aromatic amines is 1. The Morgan fingerprint density at radius 3 is 2.67 bits per heavy atom. The highest BCUT2D eigenvalue weighted by atomic mass is 32.1. The Morgan fingerprint density at radius 2 is 2.25 bits per heavy atom. The summed E-state index contributed by atoms with van der Waals surface area (Å²) in [5.74, 6) is 0. The zero-order valence-corrected chi connectivity index (χ0v) is 9.10. The summed E-state index contributed by atoms with van der Waals surface area (Å²) in [6, 6.07) is 0. The summed E-state index contributed by atoms with van der Waals surface area (Å²) in [6.45, 7) is 7.42. The molecule has 0 aromatic carbocycles. The summed E-state index contributed by atoms with van der Waals surface area (Å²) >= 11 is 6.37. The molecule has 0 aliphatic carbocycles. The molecule has 3 nitrogen and oxygen atoms in total. The fourth-order valence-corrected chi connectivity index (χ4v) is 1.43. The third kappa shape index (κ3) is 3.32. The van der Waals surface area contributed by atoms with Gasteiger partial charge in [0.25, 0.3) is 0 Å². The quantitative estimate of drug-likeness (QED) is 0.726. The first-order chi connectivity index (χ1) is 5.47. The van der Waals surface area contributed by atoms with Crippen molar-refractivity contribution in [1.29, 1.82) is 0 Å². The van der Waals surface area contributed by atoms with E-state index in [1.165, 1.54) is 11.3 Å². The van der Waals surface area contributed by atoms with E-state index in [1.54, 1.807) is 0 Å². The first kappa shape index (κ1) is 9.67. The van der Waals surface area contributed by atoms with Gasteiger partial charge in [0.2, 0.25) is 5.13 Å². The number of nitrogens with zero attached hydrogens (tertiary/aromatic N) is 1. The normalized spacial score (nSPS) is 11.6. The molecule has 0 atom stereocenters. The molecule has 0 saturated carbocycles. The molecule has 68 valence electrons. The van der Waals surface area contributed by atoms with Crippen LogP contribution in [0.15, 0.2) is 0 Å². The molecule has 0 unspecified atom stereocenters. The van der Waals surface area contributed by atoms with Crippen molar-refractivity contribution < 1.29 is 0 Å². The largest absolute Gasteiger partial charge is 0.360 e. The molecule has 2 N–H and O–H groups in total. The maximum atomic E-state index is 4.90. The van der Waals surface area contributed by atoms with Crippen molar-refractivity contribution >= 4 is 28.7 Å². The van der Waals surface area contributed by atoms with Crippen LogP contribution in [0.25, 0.3) is 0 Å². The Kier molecular flexibility index (Phi) is 2.85. The van der Waals surface area contributed by atoms with E-state index in [0.29, 0.717) is 3.95 Å². The van der Waals surface area contributed by atoms with Gasteiger partial charge in [0, 0.05) is 6.54 Å². The second-order valence-corrected chi connectivity index (χ2v) is 5.50. The van der Waals surface area contributed by atoms with Gasteiger partial charge in [-0.15, -0.1) is 5.10 Å². The number of hydrogen-bond donors (Lipinski definition) is 2. The Labute approximate surface area is 81.2 Å². The van der Waals surface area contributed by atoms with Gasteiger partial charge in [0.1, 0.15) is 0 Å². The first-order valence-corrected chi connectivity index (χ1v) is 4.99. The average molecular weight is 203 g/mol. The van der Waals surface area contributed by atoms with Crippen molar-refractivity contribution in [2.75, 3.05) is 11.9 Å². The minimum atomic E-state index is 0.271. The summed E-state index contributed by atoms with van der Waals surface area (Å²) in [7, 11) is 0. The van der Waals surface area contributed by atoms with Gasteiger partial charge in [-0.05, 0) is 17.6 Å². The summed E-state index contributed by atoms with van der Waals surface area (Å²) in [5.41, 5.74) is 0.271. The van der Waals surface area contributed by atoms with Gasteiger partial charge in [-0.25, -0.2) is 0 Å². The third-order valence-electron chi connectivity index (χ3n) is 1.21. The molecule has 0 aliphatic rings. The predicted molar refractivity (Wildman–Crippen MR) is 55.2 cm³/mol. The predicted octanol–water partition coefficient (Wildman–Crippen LogP) is 2.66. The molecule has 0 radical (unpaired) electrons. The lowest BCUT2D eigenvalue weighted by Crippen LogP contribution is -2.18. The Hall–Kier alpha value is -0.420. The minimum Gasteiger partial charge on any atom is -0.360 e. The topological polar surface area (TPSA) is 40.7 Å². The lowest BCUT2D eigenvalue weighted by atomic mass is 9.97. The fraction of sp³-hybridized carbons (Fsp3) is 0.714. The van der Waals surface area contributed by atoms with E-state index in [1.807, 2.05) is 0 Å². The first-order valence-electron chi connectivity index (χ1n) is 3.77. The van der Waals surface area contributed by atoms with Crippen LogP contribution in [0.3, 0.4) is 0 Å². The highest BCUT2D eigenvalue weighted by Gasteiger charge is 2.09. The van der Waals surface area contributed by atoms with Crippen molar-refractivity contribution in [1.82, 2.24) is 10.2 Å². The fourth-order valence-electron chi connectivity index (χ4n) is 0.646. The monoisotopic (exact) mass is 203 g/mol. The molecule has 0 saturated heterocycles. The van der Waals surface area contributed by atoms with E-state index in [4.69, 9.17) is 12.2 Å². The summed E-state index contributed by atoms with van der Waals surface area (Å²) in [5, 5.41) is 10.8. The number of hydrogen-bond acceptors (Lipinski definition) is 4. The smallest absolute Gasteiger partial charge is 0.204 e. The molecule has 0 spiro atoms. The van der Waals surface area contributed by atoms with Crippen LogP contribution in [0.2, 0.25) is 0 Å². The van der Waals surface area contributed by atoms with Crippen LogP contribution in [0.1, 0.15) is 20.8 Å². The summed E-state index contributed by atoms with van der Waals surface area (Å²) in [4.78, 5) is 0. The van der Waals surface area contributed by atoms with Crippen LogP contribution >= 0.6 is 23.6 Å². The zero-order valence-electron chi connectivity index (χ0n) is 7.47. The number of anilines is 1. The average Bonchev–Trinajstić information content (AvgIpc) is 2.30. The minimum absolute atomic E-state index is 0.271. The standard InChI is InChI=1S/C7H13N3S2/c1-7(2,3)4-8-5-9-10-6(11)12-5/h4H2,1-3H3,(H,8,9)(H,10,11). The molecule has 1 heterocycles. The van der Waals surface area contributed by atoms with Crippen molar-refractivity contribution in [2.45, 2.75) is 20.8 Å². The van der Waals surface area contributed by atoms with Crippen molar-refractivity contribution in [2.24, 2.45) is 5.41 Å². The maximum absolute atomic E-state index is 4.90. The Bertz CT molecular complexity index is 294. The molecule has 0 fully saturated rings. The number of nitrogens with one attached hydrogen (secondary N) is 2. The van der Waals surface area contributed by atoms with Gasteiger partial charge >= 0.3 is 0 Å². The van der Waals surface area contributed by atoms with Gasteiger partial charge in [-0.3, -0.25) is 5.10 Å². The Morgan fingerprint density at radius 1 is 1.58 bits per heavy atom. The second kappa shape index (κ2) is 3.53. The molecule has 1 rings (SSSR count). The number of rotatable bonds is 2. The van der Waals surface area contributed by atoms with E-state index < -0.39 is 0 Å². The Balaban J connectivity index is 2.49. The van der Waals surface area contributed by atoms with Crippen molar-refractivity contribution in [3.63, 3.8) is 0 Å². The van der Waals surface area contributed by atoms with Crippen LogP contribution in [0.5, 0.6) is 0 Å². The van der Waals surface area contributed by atoms with E-state index in [-0.39, 0.29) is 5.41 Å². The van der Waals surface area contributed by atoms with Crippen LogP contribution in [-0.2, 0) is 0 Å². The zero-order chi connectivity index (χ0) is 9.19. The summed E-state index contributed by atoms with van der Waals surface area (Å²) in [6.07, 6.45) is 0. The SMILES string of the molecule is CC(C)(C)CNc1n[nH]c(=S)s1. The highest BCUT2D eigenvalue weighted by Crippen LogP contribution is 2.16. The van der Waals surface area contributed by atoms with Gasteiger partial charge in [-0.1, -0.05) is 32.1 Å². The molecular formula is C7H13N3S2. The van der Waals surface area contributed by atoms with Gasteiger partial charge in [0.15, 0.2) is 3.95 Å². The van der Waals surface area contributed by atoms with E-state index in [9.17, 15) is 0 Å².